The normalized spacial score (nSPS) is 15.0. The van der Waals surface area contributed by atoms with Crippen LogP contribution in [-0.2, 0) is 0 Å². The number of carboxylic acid groups (broad SMARTS) is 1. The van der Waals surface area contributed by atoms with Crippen LogP contribution in [-0.4, -0.2) is 29.1 Å². The van der Waals surface area contributed by atoms with Gasteiger partial charge in [0.15, 0.2) is 0 Å². The fraction of sp³-hybridized carbons (Fsp3) is 0.375. The minimum absolute atomic E-state index is 0.313. The molecule has 1 fully saturated rings. The molecule has 3 rings (SSSR count). The number of hydrogen-bond donors (Lipinski definition) is 1. The lowest BCUT2D eigenvalue weighted by atomic mass is 10.0. The first-order chi connectivity index (χ1) is 9.58. The highest BCUT2D eigenvalue weighted by Gasteiger charge is 2.22. The van der Waals surface area contributed by atoms with Crippen LogP contribution < -0.4 is 4.90 Å². The molecule has 0 unspecified atom stereocenters. The molecule has 1 aromatic carbocycles. The number of anilines is 1. The number of carboxylic acids is 1. The quantitative estimate of drug-likeness (QED) is 0.910. The Balaban J connectivity index is 2.29. The average molecular weight is 270 g/mol. The summed E-state index contributed by atoms with van der Waals surface area (Å²) in [6.07, 6.45) is 2.21. The van der Waals surface area contributed by atoms with Crippen LogP contribution in [0, 0.1) is 13.8 Å². The maximum Gasteiger partial charge on any atom is 0.339 e. The van der Waals surface area contributed by atoms with Gasteiger partial charge < -0.3 is 10.0 Å². The van der Waals surface area contributed by atoms with Crippen LogP contribution in [0.3, 0.4) is 0 Å². The monoisotopic (exact) mass is 270 g/mol. The molecule has 0 spiro atoms. The lowest BCUT2D eigenvalue weighted by Crippen LogP contribution is -2.22. The van der Waals surface area contributed by atoms with E-state index in [1.54, 1.807) is 6.07 Å². The maximum atomic E-state index is 11.6. The van der Waals surface area contributed by atoms with Crippen molar-refractivity contribution >= 4 is 22.7 Å². The molecule has 0 aliphatic carbocycles. The molecular formula is C16H18N2O2. The zero-order valence-electron chi connectivity index (χ0n) is 11.8. The van der Waals surface area contributed by atoms with Crippen LogP contribution >= 0.6 is 0 Å². The van der Waals surface area contributed by atoms with Crippen LogP contribution in [0.25, 0.3) is 10.9 Å². The summed E-state index contributed by atoms with van der Waals surface area (Å²) in [6, 6.07) is 5.83. The molecule has 0 atom stereocenters. The molecule has 0 amide bonds. The van der Waals surface area contributed by atoms with Gasteiger partial charge in [-0.05, 0) is 43.9 Å². The van der Waals surface area contributed by atoms with Gasteiger partial charge in [0, 0.05) is 18.5 Å². The molecule has 0 radical (unpaired) electrons. The third kappa shape index (κ3) is 2.01. The van der Waals surface area contributed by atoms with Gasteiger partial charge in [-0.25, -0.2) is 9.78 Å². The Labute approximate surface area is 118 Å². The molecule has 1 aromatic heterocycles. The fourth-order valence-corrected chi connectivity index (χ4v) is 2.85. The fourth-order valence-electron chi connectivity index (χ4n) is 2.85. The predicted molar refractivity (Wildman–Crippen MR) is 79.6 cm³/mol. The number of pyridine rings is 1. The highest BCUT2D eigenvalue weighted by atomic mass is 16.4. The lowest BCUT2D eigenvalue weighted by Gasteiger charge is -2.20. The van der Waals surface area contributed by atoms with Crippen molar-refractivity contribution in [3.63, 3.8) is 0 Å². The Bertz CT molecular complexity index is 688. The van der Waals surface area contributed by atoms with Gasteiger partial charge in [-0.15, -0.1) is 0 Å². The molecule has 1 aliphatic heterocycles. The van der Waals surface area contributed by atoms with E-state index in [1.807, 2.05) is 26.0 Å². The minimum Gasteiger partial charge on any atom is -0.478 e. The van der Waals surface area contributed by atoms with Crippen LogP contribution in [0.1, 0.15) is 34.3 Å². The van der Waals surface area contributed by atoms with E-state index in [4.69, 9.17) is 0 Å². The van der Waals surface area contributed by atoms with Gasteiger partial charge in [-0.2, -0.15) is 0 Å². The molecule has 1 aliphatic rings. The van der Waals surface area contributed by atoms with Crippen LogP contribution in [0.4, 0.5) is 5.82 Å². The Kier molecular flexibility index (Phi) is 3.08. The molecular weight excluding hydrogens is 252 g/mol. The summed E-state index contributed by atoms with van der Waals surface area (Å²) in [4.78, 5) is 18.3. The molecule has 104 valence electrons. The van der Waals surface area contributed by atoms with Gasteiger partial charge in [0.1, 0.15) is 11.4 Å². The van der Waals surface area contributed by atoms with Gasteiger partial charge >= 0.3 is 5.97 Å². The molecule has 4 nitrogen and oxygen atoms in total. The van der Waals surface area contributed by atoms with Crippen LogP contribution in [0.2, 0.25) is 0 Å². The zero-order chi connectivity index (χ0) is 14.3. The predicted octanol–water partition coefficient (Wildman–Crippen LogP) is 3.15. The smallest absolute Gasteiger partial charge is 0.339 e. The summed E-state index contributed by atoms with van der Waals surface area (Å²) >= 11 is 0. The molecule has 1 N–H and O–H groups in total. The van der Waals surface area contributed by atoms with Gasteiger partial charge in [0.25, 0.3) is 0 Å². The number of aromatic nitrogens is 1. The number of rotatable bonds is 2. The van der Waals surface area contributed by atoms with Crippen molar-refractivity contribution in [3.8, 4) is 0 Å². The number of hydrogen-bond acceptors (Lipinski definition) is 3. The van der Waals surface area contributed by atoms with E-state index in [-0.39, 0.29) is 0 Å². The summed E-state index contributed by atoms with van der Waals surface area (Å²) in [5, 5.41) is 10.4. The third-order valence-corrected chi connectivity index (χ3v) is 4.02. The van der Waals surface area contributed by atoms with Crippen LogP contribution in [0.15, 0.2) is 18.2 Å². The maximum absolute atomic E-state index is 11.6. The van der Waals surface area contributed by atoms with Crippen molar-refractivity contribution in [1.82, 2.24) is 4.98 Å². The summed E-state index contributed by atoms with van der Waals surface area (Å²) in [5.41, 5.74) is 3.38. The first kappa shape index (κ1) is 12.9. The average Bonchev–Trinajstić information content (AvgIpc) is 2.95. The molecule has 2 heterocycles. The van der Waals surface area contributed by atoms with Crippen molar-refractivity contribution in [1.29, 1.82) is 0 Å². The summed E-state index contributed by atoms with van der Waals surface area (Å²) in [7, 11) is 0. The van der Waals surface area contributed by atoms with Gasteiger partial charge in [0.05, 0.1) is 5.52 Å². The van der Waals surface area contributed by atoms with Gasteiger partial charge in [0.2, 0.25) is 0 Å². The number of aromatic carboxylic acids is 1. The third-order valence-electron chi connectivity index (χ3n) is 4.02. The van der Waals surface area contributed by atoms with E-state index in [0.29, 0.717) is 11.4 Å². The SMILES string of the molecule is Cc1ccc(C)c2nc(N3CCCC3)c(C(=O)O)cc12. The van der Waals surface area contributed by atoms with E-state index in [2.05, 4.69) is 9.88 Å². The highest BCUT2D eigenvalue weighted by Crippen LogP contribution is 2.29. The molecule has 2 aromatic rings. The number of nitrogens with zero attached hydrogens (tertiary/aromatic N) is 2. The Hall–Kier alpha value is -2.10. The van der Waals surface area contributed by atoms with E-state index in [0.717, 1.165) is 48.0 Å². The molecule has 0 bridgehead atoms. The first-order valence-electron chi connectivity index (χ1n) is 6.97. The second kappa shape index (κ2) is 4.78. The topological polar surface area (TPSA) is 53.4 Å². The Morgan fingerprint density at radius 2 is 1.85 bits per heavy atom. The van der Waals surface area contributed by atoms with E-state index in [1.165, 1.54) is 0 Å². The van der Waals surface area contributed by atoms with Crippen LogP contribution in [0.5, 0.6) is 0 Å². The number of carbonyl (C=O) groups is 1. The summed E-state index contributed by atoms with van der Waals surface area (Å²) in [5.74, 6) is -0.279. The molecule has 0 saturated carbocycles. The largest absolute Gasteiger partial charge is 0.478 e. The lowest BCUT2D eigenvalue weighted by molar-refractivity contribution is 0.0697. The Morgan fingerprint density at radius 3 is 2.50 bits per heavy atom. The van der Waals surface area contributed by atoms with Gasteiger partial charge in [-0.3, -0.25) is 0 Å². The second-order valence-corrected chi connectivity index (χ2v) is 5.45. The standard InChI is InChI=1S/C16H18N2O2/c1-10-5-6-11(2)14-12(10)9-13(16(19)20)15(17-14)18-7-3-4-8-18/h5-6,9H,3-4,7-8H2,1-2H3,(H,19,20). The van der Waals surface area contributed by atoms with Crippen molar-refractivity contribution in [2.24, 2.45) is 0 Å². The van der Waals surface area contributed by atoms with E-state index < -0.39 is 5.97 Å². The van der Waals surface area contributed by atoms with Gasteiger partial charge in [-0.1, -0.05) is 12.1 Å². The summed E-state index contributed by atoms with van der Waals surface area (Å²) < 4.78 is 0. The number of fused-ring (bicyclic) bond motifs is 1. The van der Waals surface area contributed by atoms with Crippen molar-refractivity contribution in [3.05, 3.63) is 34.9 Å². The van der Waals surface area contributed by atoms with Crippen molar-refractivity contribution < 1.29 is 9.90 Å². The highest BCUT2D eigenvalue weighted by molar-refractivity contribution is 5.99. The zero-order valence-corrected chi connectivity index (χ0v) is 11.8. The first-order valence-corrected chi connectivity index (χ1v) is 6.97. The Morgan fingerprint density at radius 1 is 1.20 bits per heavy atom. The molecule has 20 heavy (non-hydrogen) atoms. The van der Waals surface area contributed by atoms with Crippen molar-refractivity contribution in [2.75, 3.05) is 18.0 Å². The van der Waals surface area contributed by atoms with Crippen molar-refractivity contribution in [2.45, 2.75) is 26.7 Å². The molecule has 4 heteroatoms. The number of aryl methyl sites for hydroxylation is 2. The summed E-state index contributed by atoms with van der Waals surface area (Å²) in [6.45, 7) is 5.79. The molecule has 1 saturated heterocycles. The second-order valence-electron chi connectivity index (χ2n) is 5.45. The van der Waals surface area contributed by atoms with E-state index in [9.17, 15) is 9.90 Å². The van der Waals surface area contributed by atoms with E-state index >= 15 is 0 Å². The minimum atomic E-state index is -0.901. The number of benzene rings is 1.